The number of ketones is 1. The predicted octanol–water partition coefficient (Wildman–Crippen LogP) is 2.40. The van der Waals surface area contributed by atoms with Gasteiger partial charge in [-0.15, -0.1) is 0 Å². The van der Waals surface area contributed by atoms with Crippen molar-refractivity contribution in [3.63, 3.8) is 0 Å². The zero-order chi connectivity index (χ0) is 18.5. The van der Waals surface area contributed by atoms with Crippen LogP contribution in [0.5, 0.6) is 0 Å². The van der Waals surface area contributed by atoms with Gasteiger partial charge in [-0.2, -0.15) is 13.2 Å². The number of unbranched alkanes of at least 4 members (excludes halogenated alkanes) is 2. The zero-order valence-corrected chi connectivity index (χ0v) is 15.0. The van der Waals surface area contributed by atoms with Gasteiger partial charge in [-0.25, -0.2) is 0 Å². The van der Waals surface area contributed by atoms with Gasteiger partial charge >= 0.3 is 109 Å². The first-order valence-electron chi connectivity index (χ1n) is 7.22. The molecule has 0 fully saturated rings. The van der Waals surface area contributed by atoms with Gasteiger partial charge in [0, 0.05) is 6.92 Å². The Morgan fingerprint density at radius 1 is 1.17 bits per heavy atom. The summed E-state index contributed by atoms with van der Waals surface area (Å²) in [5, 5.41) is 9.53. The summed E-state index contributed by atoms with van der Waals surface area (Å²) in [7, 11) is 0. The standard InChI is InChI=1S/C11H21NO3Se.C3H3F3O/c1-2-10(13)16-8-9(11(14)15)6-4-3-5-7-12;1-2(7)3(4,5)6/h9H,2-8,12H2,1H3,(H,14,15);1H3. The van der Waals surface area contributed by atoms with Crippen molar-refractivity contribution in [1.29, 1.82) is 0 Å². The average Bonchev–Trinajstić information content (AvgIpc) is 2.45. The second-order valence-corrected chi connectivity index (χ2v) is 7.02. The quantitative estimate of drug-likeness (QED) is 0.429. The van der Waals surface area contributed by atoms with Crippen LogP contribution < -0.4 is 5.73 Å². The number of hydrogen-bond acceptors (Lipinski definition) is 4. The number of aliphatic carboxylic acids is 1. The van der Waals surface area contributed by atoms with Gasteiger partial charge in [0.15, 0.2) is 0 Å². The van der Waals surface area contributed by atoms with Crippen molar-refractivity contribution in [2.24, 2.45) is 11.7 Å². The molecule has 0 rings (SSSR count). The van der Waals surface area contributed by atoms with Crippen LogP contribution >= 0.6 is 0 Å². The minimum absolute atomic E-state index is 0.161. The molecule has 0 aromatic carbocycles. The Hall–Kier alpha value is -0.921. The van der Waals surface area contributed by atoms with E-state index in [0.29, 0.717) is 31.6 Å². The Bertz CT molecular complexity index is 376. The summed E-state index contributed by atoms with van der Waals surface area (Å²) in [6.07, 6.45) is -0.613. The van der Waals surface area contributed by atoms with Crippen molar-refractivity contribution in [1.82, 2.24) is 0 Å². The number of Topliss-reactive ketones (excluding diaryl/α,β-unsaturated/α-hetero) is 1. The Kier molecular flexibility index (Phi) is 14.3. The molecule has 0 aliphatic heterocycles. The number of carboxylic acids is 1. The van der Waals surface area contributed by atoms with Gasteiger partial charge in [0.1, 0.15) is 0 Å². The monoisotopic (exact) mass is 407 g/mol. The third-order valence-corrected chi connectivity index (χ3v) is 5.21. The van der Waals surface area contributed by atoms with Gasteiger partial charge in [-0.1, -0.05) is 0 Å². The Balaban J connectivity index is 0. The molecule has 23 heavy (non-hydrogen) atoms. The van der Waals surface area contributed by atoms with Gasteiger partial charge in [0.2, 0.25) is 5.78 Å². The van der Waals surface area contributed by atoms with E-state index >= 15 is 0 Å². The fourth-order valence-electron chi connectivity index (χ4n) is 1.29. The fraction of sp³-hybridized carbons (Fsp3) is 0.786. The molecule has 0 aliphatic carbocycles. The summed E-state index contributed by atoms with van der Waals surface area (Å²) in [5.41, 5.74) is 5.36. The first kappa shape index (κ1) is 24.3. The number of nitrogens with two attached hydrogens (primary N) is 1. The van der Waals surface area contributed by atoms with Crippen LogP contribution in [-0.4, -0.2) is 49.2 Å². The molecule has 0 aromatic rings. The van der Waals surface area contributed by atoms with Gasteiger partial charge < -0.3 is 0 Å². The molecule has 0 heterocycles. The number of carboxylic acid groups (broad SMARTS) is 1. The molecule has 0 amide bonds. The maximum absolute atomic E-state index is 11.1. The van der Waals surface area contributed by atoms with E-state index in [2.05, 4.69) is 0 Å². The first-order chi connectivity index (χ1) is 10.6. The van der Waals surface area contributed by atoms with Gasteiger partial charge in [-0.3, -0.25) is 4.79 Å². The van der Waals surface area contributed by atoms with Crippen LogP contribution in [0.15, 0.2) is 0 Å². The van der Waals surface area contributed by atoms with E-state index in [1.807, 2.05) is 6.92 Å². The third kappa shape index (κ3) is 15.7. The normalized spacial score (nSPS) is 12.1. The molecule has 0 saturated heterocycles. The molecular formula is C14H24F3NO4Se. The molecule has 0 saturated carbocycles. The van der Waals surface area contributed by atoms with E-state index in [4.69, 9.17) is 10.8 Å². The topological polar surface area (TPSA) is 97.5 Å². The number of rotatable bonds is 10. The minimum atomic E-state index is -4.64. The number of carbonyl (C=O) groups excluding carboxylic acids is 2. The van der Waals surface area contributed by atoms with Crippen LogP contribution in [0.3, 0.4) is 0 Å². The van der Waals surface area contributed by atoms with Gasteiger partial charge in [-0.05, 0) is 0 Å². The van der Waals surface area contributed by atoms with E-state index < -0.39 is 17.9 Å². The summed E-state index contributed by atoms with van der Waals surface area (Å²) in [6, 6.07) is 0. The van der Waals surface area contributed by atoms with Crippen molar-refractivity contribution in [3.8, 4) is 0 Å². The van der Waals surface area contributed by atoms with Crippen molar-refractivity contribution < 1.29 is 32.7 Å². The Morgan fingerprint density at radius 2 is 1.70 bits per heavy atom. The molecule has 0 aliphatic rings. The van der Waals surface area contributed by atoms with E-state index in [9.17, 15) is 27.6 Å². The van der Waals surface area contributed by atoms with Crippen molar-refractivity contribution in [2.75, 3.05) is 6.54 Å². The first-order valence-corrected chi connectivity index (χ1v) is 9.29. The molecule has 1 unspecified atom stereocenters. The molecule has 5 nitrogen and oxygen atoms in total. The molecule has 0 spiro atoms. The van der Waals surface area contributed by atoms with Crippen LogP contribution in [0.1, 0.15) is 46.0 Å². The van der Waals surface area contributed by atoms with Gasteiger partial charge in [0.05, 0.1) is 0 Å². The van der Waals surface area contributed by atoms with Crippen molar-refractivity contribution in [3.05, 3.63) is 0 Å². The zero-order valence-electron chi connectivity index (χ0n) is 13.3. The molecular weight excluding hydrogens is 382 g/mol. The summed E-state index contributed by atoms with van der Waals surface area (Å²) >= 11 is -0.161. The summed E-state index contributed by atoms with van der Waals surface area (Å²) < 4.78 is 32.7. The van der Waals surface area contributed by atoms with E-state index in [1.54, 1.807) is 0 Å². The molecule has 0 radical (unpaired) electrons. The fourth-order valence-corrected chi connectivity index (χ4v) is 3.17. The van der Waals surface area contributed by atoms with Crippen LogP contribution in [0.2, 0.25) is 5.32 Å². The Labute approximate surface area is 140 Å². The summed E-state index contributed by atoms with van der Waals surface area (Å²) in [5.74, 6) is -2.86. The van der Waals surface area contributed by atoms with E-state index in [1.165, 1.54) is 0 Å². The SMILES string of the molecule is CC(=O)C(F)(F)F.CCC(=O)[Se]CC(CCCCCN)C(=O)O. The number of hydrogen-bond donors (Lipinski definition) is 2. The van der Waals surface area contributed by atoms with Crippen LogP contribution in [0.25, 0.3) is 0 Å². The van der Waals surface area contributed by atoms with E-state index in [0.717, 1.165) is 19.3 Å². The molecule has 1 atom stereocenters. The number of halogens is 3. The molecule has 0 bridgehead atoms. The van der Waals surface area contributed by atoms with Gasteiger partial charge in [0.25, 0.3) is 0 Å². The van der Waals surface area contributed by atoms with E-state index in [-0.39, 0.29) is 25.6 Å². The second kappa shape index (κ2) is 13.5. The van der Waals surface area contributed by atoms with Crippen molar-refractivity contribution in [2.45, 2.75) is 57.4 Å². The second-order valence-electron chi connectivity index (χ2n) is 4.76. The van der Waals surface area contributed by atoms with Crippen molar-refractivity contribution >= 4 is 31.4 Å². The van der Waals surface area contributed by atoms with Crippen LogP contribution in [-0.2, 0) is 14.4 Å². The maximum atomic E-state index is 11.1. The number of alkyl halides is 3. The molecule has 0 aromatic heterocycles. The summed E-state index contributed by atoms with van der Waals surface area (Å²) in [6.45, 7) is 2.97. The summed E-state index contributed by atoms with van der Waals surface area (Å²) in [4.78, 5) is 31.4. The number of carbonyl (C=O) groups is 3. The molecule has 136 valence electrons. The van der Waals surface area contributed by atoms with Crippen LogP contribution in [0.4, 0.5) is 13.2 Å². The van der Waals surface area contributed by atoms with Crippen LogP contribution in [0, 0.1) is 5.92 Å². The average molecular weight is 406 g/mol. The molecule has 3 N–H and O–H groups in total. The third-order valence-electron chi connectivity index (χ3n) is 2.74. The Morgan fingerprint density at radius 3 is 2.04 bits per heavy atom. The molecule has 9 heteroatoms. The predicted molar refractivity (Wildman–Crippen MR) is 81.2 cm³/mol.